The molecular formula is C17H23ClN2. The fourth-order valence-corrected chi connectivity index (χ4v) is 2.75. The molecule has 0 heterocycles. The Kier molecular flexibility index (Phi) is 5.34. The quantitative estimate of drug-likeness (QED) is 0.767. The zero-order valence-electron chi connectivity index (χ0n) is 12.3. The molecule has 0 spiro atoms. The molecule has 1 aromatic rings. The monoisotopic (exact) mass is 290 g/mol. The third-order valence-electron chi connectivity index (χ3n) is 3.78. The summed E-state index contributed by atoms with van der Waals surface area (Å²) in [6.07, 6.45) is 8.11. The van der Waals surface area contributed by atoms with E-state index in [2.05, 4.69) is 48.2 Å². The maximum absolute atomic E-state index is 6.47. The number of halogens is 1. The summed E-state index contributed by atoms with van der Waals surface area (Å²) in [4.78, 5) is 2.22. The smallest absolute Gasteiger partial charge is 0.0792 e. The largest absolute Gasteiger partial charge is 0.359 e. The van der Waals surface area contributed by atoms with E-state index in [1.165, 1.54) is 18.4 Å². The van der Waals surface area contributed by atoms with Gasteiger partial charge >= 0.3 is 0 Å². The first-order chi connectivity index (χ1) is 9.65. The third-order valence-corrected chi connectivity index (χ3v) is 4.08. The highest BCUT2D eigenvalue weighted by Gasteiger charge is 2.25. The topological polar surface area (TPSA) is 15.3 Å². The second-order valence-electron chi connectivity index (χ2n) is 5.52. The summed E-state index contributed by atoms with van der Waals surface area (Å²) in [7, 11) is 0. The van der Waals surface area contributed by atoms with E-state index in [9.17, 15) is 0 Å². The average Bonchev–Trinajstić information content (AvgIpc) is 3.22. The van der Waals surface area contributed by atoms with Crippen molar-refractivity contribution < 1.29 is 0 Å². The highest BCUT2D eigenvalue weighted by atomic mass is 35.5. The van der Waals surface area contributed by atoms with Crippen LogP contribution in [0.15, 0.2) is 18.2 Å². The van der Waals surface area contributed by atoms with Crippen LogP contribution in [0.4, 0.5) is 5.69 Å². The molecule has 1 aliphatic rings. The number of hydrogen-bond acceptors (Lipinski definition) is 2. The van der Waals surface area contributed by atoms with Gasteiger partial charge in [0.05, 0.1) is 17.3 Å². The molecule has 2 nitrogen and oxygen atoms in total. The van der Waals surface area contributed by atoms with Gasteiger partial charge in [0.2, 0.25) is 0 Å². The Labute approximate surface area is 127 Å². The van der Waals surface area contributed by atoms with Crippen molar-refractivity contribution >= 4 is 17.3 Å². The summed E-state index contributed by atoms with van der Waals surface area (Å²) in [6.45, 7) is 6.85. The lowest BCUT2D eigenvalue weighted by Gasteiger charge is -2.24. The molecule has 20 heavy (non-hydrogen) atoms. The van der Waals surface area contributed by atoms with Crippen LogP contribution in [-0.4, -0.2) is 19.6 Å². The van der Waals surface area contributed by atoms with Crippen LogP contribution in [0.1, 0.15) is 38.3 Å². The van der Waals surface area contributed by atoms with Gasteiger partial charge in [-0.15, -0.1) is 6.42 Å². The standard InChI is InChI=1S/C17H23ClN2/c1-4-10-20(12-14-6-7-14)17-9-8-15(11-16(17)18)13(3)19-5-2/h1,8-9,11,13-14,19H,5-7,10,12H2,2-3H3. The fourth-order valence-electron chi connectivity index (χ4n) is 2.44. The number of nitrogens with one attached hydrogen (secondary N) is 1. The number of benzene rings is 1. The molecule has 2 rings (SSSR count). The lowest BCUT2D eigenvalue weighted by atomic mass is 10.1. The highest BCUT2D eigenvalue weighted by Crippen LogP contribution is 2.34. The van der Waals surface area contributed by atoms with Gasteiger partial charge in [0.1, 0.15) is 0 Å². The van der Waals surface area contributed by atoms with Gasteiger partial charge in [-0.1, -0.05) is 30.5 Å². The summed E-state index contributed by atoms with van der Waals surface area (Å²) in [6, 6.07) is 6.62. The van der Waals surface area contributed by atoms with Crippen LogP contribution in [0.3, 0.4) is 0 Å². The summed E-state index contributed by atoms with van der Waals surface area (Å²) in [5.41, 5.74) is 2.27. The van der Waals surface area contributed by atoms with Crippen molar-refractivity contribution in [2.75, 3.05) is 24.5 Å². The fraction of sp³-hybridized carbons (Fsp3) is 0.529. The van der Waals surface area contributed by atoms with E-state index < -0.39 is 0 Å². The van der Waals surface area contributed by atoms with Crippen LogP contribution in [0, 0.1) is 18.3 Å². The molecule has 0 radical (unpaired) electrons. The predicted molar refractivity (Wildman–Crippen MR) is 87.3 cm³/mol. The van der Waals surface area contributed by atoms with Crippen LogP contribution in [0.5, 0.6) is 0 Å². The minimum atomic E-state index is 0.316. The van der Waals surface area contributed by atoms with Gasteiger partial charge in [-0.3, -0.25) is 0 Å². The lowest BCUT2D eigenvalue weighted by molar-refractivity contribution is 0.598. The third kappa shape index (κ3) is 3.91. The molecule has 3 heteroatoms. The molecule has 0 saturated heterocycles. The zero-order valence-corrected chi connectivity index (χ0v) is 13.1. The molecule has 0 amide bonds. The Morgan fingerprint density at radius 2 is 2.25 bits per heavy atom. The van der Waals surface area contributed by atoms with Crippen molar-refractivity contribution in [1.82, 2.24) is 5.32 Å². The summed E-state index contributed by atoms with van der Waals surface area (Å²) in [5.74, 6) is 3.53. The number of terminal acetylenes is 1. The predicted octanol–water partition coefficient (Wildman–Crippen LogP) is 3.86. The first-order valence-corrected chi connectivity index (χ1v) is 7.74. The number of nitrogens with zero attached hydrogens (tertiary/aromatic N) is 1. The van der Waals surface area contributed by atoms with E-state index >= 15 is 0 Å². The van der Waals surface area contributed by atoms with Gasteiger partial charge in [0, 0.05) is 12.6 Å². The van der Waals surface area contributed by atoms with Crippen molar-refractivity contribution in [3.05, 3.63) is 28.8 Å². The molecule has 1 aliphatic carbocycles. The summed E-state index contributed by atoms with van der Waals surface area (Å²) in [5, 5.41) is 4.20. The molecule has 1 N–H and O–H groups in total. The van der Waals surface area contributed by atoms with Crippen LogP contribution >= 0.6 is 11.6 Å². The Hall–Kier alpha value is -1.17. The van der Waals surface area contributed by atoms with Crippen LogP contribution in [0.25, 0.3) is 0 Å². The van der Waals surface area contributed by atoms with Gasteiger partial charge < -0.3 is 10.2 Å². The van der Waals surface area contributed by atoms with E-state index in [1.54, 1.807) is 0 Å². The van der Waals surface area contributed by atoms with E-state index in [0.717, 1.165) is 29.7 Å². The van der Waals surface area contributed by atoms with E-state index in [-0.39, 0.29) is 0 Å². The highest BCUT2D eigenvalue weighted by molar-refractivity contribution is 6.33. The number of rotatable bonds is 7. The van der Waals surface area contributed by atoms with E-state index in [4.69, 9.17) is 18.0 Å². The summed E-state index contributed by atoms with van der Waals surface area (Å²) < 4.78 is 0. The maximum Gasteiger partial charge on any atom is 0.0792 e. The van der Waals surface area contributed by atoms with Gasteiger partial charge in [0.25, 0.3) is 0 Å². The molecular weight excluding hydrogens is 268 g/mol. The second-order valence-corrected chi connectivity index (χ2v) is 5.93. The molecule has 1 aromatic carbocycles. The molecule has 1 unspecified atom stereocenters. The lowest BCUT2D eigenvalue weighted by Crippen LogP contribution is -2.26. The first-order valence-electron chi connectivity index (χ1n) is 7.37. The van der Waals surface area contributed by atoms with Crippen molar-refractivity contribution in [3.63, 3.8) is 0 Å². The van der Waals surface area contributed by atoms with Crippen molar-refractivity contribution in [3.8, 4) is 12.3 Å². The molecule has 108 valence electrons. The van der Waals surface area contributed by atoms with Crippen molar-refractivity contribution in [2.45, 2.75) is 32.7 Å². The first kappa shape index (κ1) is 15.2. The average molecular weight is 291 g/mol. The Bertz CT molecular complexity index is 488. The van der Waals surface area contributed by atoms with E-state index in [0.29, 0.717) is 12.6 Å². The van der Waals surface area contributed by atoms with Gasteiger partial charge in [-0.05, 0) is 49.9 Å². The van der Waals surface area contributed by atoms with Crippen LogP contribution < -0.4 is 10.2 Å². The van der Waals surface area contributed by atoms with Crippen LogP contribution in [0.2, 0.25) is 5.02 Å². The molecule has 1 atom stereocenters. The molecule has 1 fully saturated rings. The normalized spacial score (nSPS) is 15.7. The van der Waals surface area contributed by atoms with Crippen molar-refractivity contribution in [2.24, 2.45) is 5.92 Å². The Balaban J connectivity index is 2.15. The van der Waals surface area contributed by atoms with Gasteiger partial charge in [0.15, 0.2) is 0 Å². The number of hydrogen-bond donors (Lipinski definition) is 1. The van der Waals surface area contributed by atoms with Gasteiger partial charge in [-0.25, -0.2) is 0 Å². The minimum absolute atomic E-state index is 0.316. The Morgan fingerprint density at radius 1 is 1.50 bits per heavy atom. The van der Waals surface area contributed by atoms with Crippen molar-refractivity contribution in [1.29, 1.82) is 0 Å². The number of anilines is 1. The second kappa shape index (κ2) is 7.02. The van der Waals surface area contributed by atoms with E-state index in [1.807, 2.05) is 0 Å². The minimum Gasteiger partial charge on any atom is -0.359 e. The Morgan fingerprint density at radius 3 is 2.80 bits per heavy atom. The molecule has 0 bridgehead atoms. The molecule has 0 aliphatic heterocycles. The molecule has 1 saturated carbocycles. The zero-order chi connectivity index (χ0) is 14.5. The SMILES string of the molecule is C#CCN(CC1CC1)c1ccc(C(C)NCC)cc1Cl. The maximum atomic E-state index is 6.47. The molecule has 0 aromatic heterocycles. The van der Waals surface area contributed by atoms with Crippen LogP contribution in [-0.2, 0) is 0 Å². The summed E-state index contributed by atoms with van der Waals surface area (Å²) >= 11 is 6.47. The van der Waals surface area contributed by atoms with Gasteiger partial charge in [-0.2, -0.15) is 0 Å².